The molecule has 0 spiro atoms. The number of para-hydroxylation sites is 1. The van der Waals surface area contributed by atoms with Crippen molar-refractivity contribution in [3.63, 3.8) is 0 Å². The summed E-state index contributed by atoms with van der Waals surface area (Å²) in [6.45, 7) is 0.575. The molecule has 242 valence electrons. The molecule has 0 saturated heterocycles. The Balaban J connectivity index is 1.12. The van der Waals surface area contributed by atoms with Crippen LogP contribution in [-0.2, 0) is 6.54 Å². The van der Waals surface area contributed by atoms with E-state index in [1.165, 1.54) is 48.3 Å². The van der Waals surface area contributed by atoms with Gasteiger partial charge in [0.25, 0.3) is 0 Å². The maximum Gasteiger partial charge on any atom is 0.140 e. The summed E-state index contributed by atoms with van der Waals surface area (Å²) in [7, 11) is 0. The Morgan fingerprint density at radius 3 is 2.32 bits per heavy atom. The molecule has 2 unspecified atom stereocenters. The number of benzene rings is 6. The van der Waals surface area contributed by atoms with Crippen molar-refractivity contribution in [3.05, 3.63) is 197 Å². The van der Waals surface area contributed by atoms with E-state index in [1.54, 1.807) is 0 Å². The number of nitrogens with two attached hydrogens (primary N) is 1. The van der Waals surface area contributed by atoms with Gasteiger partial charge in [-0.2, -0.15) is 0 Å². The maximum atomic E-state index is 6.78. The minimum Gasteiger partial charge on any atom is -0.309 e. The molecule has 0 amide bonds. The summed E-state index contributed by atoms with van der Waals surface area (Å²) in [4.78, 5) is 7.86. The Morgan fingerprint density at radius 2 is 1.48 bits per heavy atom. The highest BCUT2D eigenvalue weighted by Gasteiger charge is 2.31. The van der Waals surface area contributed by atoms with Crippen molar-refractivity contribution >= 4 is 45.4 Å². The molecule has 1 aliphatic heterocycles. The number of hydrazine groups is 1. The maximum absolute atomic E-state index is 6.78. The lowest BCUT2D eigenvalue weighted by Crippen LogP contribution is -2.34. The fourth-order valence-corrected chi connectivity index (χ4v) is 8.84. The molecule has 0 bridgehead atoms. The fourth-order valence-electron chi connectivity index (χ4n) is 7.46. The van der Waals surface area contributed by atoms with E-state index in [-0.39, 0.29) is 6.17 Å². The van der Waals surface area contributed by atoms with Gasteiger partial charge in [0.2, 0.25) is 0 Å². The zero-order chi connectivity index (χ0) is 33.4. The molecule has 2 heterocycles. The van der Waals surface area contributed by atoms with Crippen LogP contribution < -0.4 is 5.84 Å². The number of hydrogen-bond donors (Lipinski definition) is 1. The van der Waals surface area contributed by atoms with Crippen LogP contribution in [0.5, 0.6) is 0 Å². The molecule has 50 heavy (non-hydrogen) atoms. The second kappa shape index (κ2) is 13.1. The molecule has 2 aliphatic rings. The number of thioether (sulfide) groups is 1. The summed E-state index contributed by atoms with van der Waals surface area (Å²) >= 11 is 1.94. The first-order chi connectivity index (χ1) is 24.7. The lowest BCUT2D eigenvalue weighted by molar-refractivity contribution is 0.199. The van der Waals surface area contributed by atoms with Crippen molar-refractivity contribution in [2.75, 3.05) is 0 Å². The number of rotatable bonds is 8. The van der Waals surface area contributed by atoms with E-state index in [2.05, 4.69) is 132 Å². The minimum atomic E-state index is -0.360. The molecule has 9 rings (SSSR count). The normalized spacial score (nSPS) is 16.1. The van der Waals surface area contributed by atoms with E-state index in [9.17, 15) is 0 Å². The van der Waals surface area contributed by atoms with Crippen molar-refractivity contribution in [3.8, 4) is 5.69 Å². The predicted octanol–water partition coefficient (Wildman–Crippen LogP) is 10.8. The zero-order valence-electron chi connectivity index (χ0n) is 27.6. The molecule has 5 heteroatoms. The number of aliphatic imine (C=N–C) groups is 1. The average molecular weight is 665 g/mol. The lowest BCUT2D eigenvalue weighted by Gasteiger charge is -2.25. The average Bonchev–Trinajstić information content (AvgIpc) is 3.72. The first-order valence-electron chi connectivity index (χ1n) is 17.2. The van der Waals surface area contributed by atoms with Gasteiger partial charge in [-0.15, -0.1) is 0 Å². The van der Waals surface area contributed by atoms with Crippen LogP contribution in [0.25, 0.3) is 33.1 Å². The number of hydrogen-bond acceptors (Lipinski definition) is 4. The van der Waals surface area contributed by atoms with Gasteiger partial charge in [-0.1, -0.05) is 145 Å². The van der Waals surface area contributed by atoms with E-state index in [1.807, 2.05) is 59.4 Å². The highest BCUT2D eigenvalue weighted by Crippen LogP contribution is 2.55. The molecule has 6 aromatic carbocycles. The molecular weight excluding hydrogens is 629 g/mol. The topological polar surface area (TPSA) is 46.5 Å². The highest BCUT2D eigenvalue weighted by atomic mass is 32.2. The Morgan fingerprint density at radius 1 is 0.760 bits per heavy atom. The van der Waals surface area contributed by atoms with Gasteiger partial charge in [0.1, 0.15) is 6.17 Å². The van der Waals surface area contributed by atoms with Crippen LogP contribution in [0.4, 0.5) is 0 Å². The molecule has 1 aromatic heterocycles. The summed E-state index contributed by atoms with van der Waals surface area (Å²) in [6.07, 6.45) is 7.29. The van der Waals surface area contributed by atoms with Gasteiger partial charge in [-0.25, -0.2) is 5.01 Å². The molecule has 7 aromatic rings. The third kappa shape index (κ3) is 5.60. The fraction of sp³-hybridized carbons (Fsp3) is 0.0889. The van der Waals surface area contributed by atoms with Gasteiger partial charge in [-0.3, -0.25) is 10.8 Å². The summed E-state index contributed by atoms with van der Waals surface area (Å²) in [6, 6.07) is 53.8. The number of fused-ring (bicyclic) bond motifs is 6. The van der Waals surface area contributed by atoms with Gasteiger partial charge < -0.3 is 4.57 Å². The molecule has 4 nitrogen and oxygen atoms in total. The van der Waals surface area contributed by atoms with Crippen LogP contribution in [0.15, 0.2) is 179 Å². The quantitative estimate of drug-likeness (QED) is 0.0999. The molecule has 0 radical (unpaired) electrons. The van der Waals surface area contributed by atoms with E-state index in [0.717, 1.165) is 28.8 Å². The van der Waals surface area contributed by atoms with E-state index < -0.39 is 0 Å². The molecular formula is C45H36N4S. The number of nitrogens with zero attached hydrogens (tertiary/aromatic N) is 3. The first kappa shape index (κ1) is 30.6. The summed E-state index contributed by atoms with van der Waals surface area (Å²) in [5.41, 5.74) is 10.7. The van der Waals surface area contributed by atoms with Gasteiger partial charge >= 0.3 is 0 Å². The summed E-state index contributed by atoms with van der Waals surface area (Å²) in [5, 5.41) is 4.31. The van der Waals surface area contributed by atoms with E-state index in [0.29, 0.717) is 12.5 Å². The largest absolute Gasteiger partial charge is 0.309 e. The van der Waals surface area contributed by atoms with E-state index >= 15 is 0 Å². The van der Waals surface area contributed by atoms with Crippen molar-refractivity contribution < 1.29 is 0 Å². The Kier molecular flexibility index (Phi) is 8.02. The van der Waals surface area contributed by atoms with Gasteiger partial charge in [0, 0.05) is 44.9 Å². The predicted molar refractivity (Wildman–Crippen MR) is 209 cm³/mol. The number of allylic oxidation sites excluding steroid dienone is 4. The monoisotopic (exact) mass is 664 g/mol. The van der Waals surface area contributed by atoms with E-state index in [4.69, 9.17) is 10.8 Å². The lowest BCUT2D eigenvalue weighted by atomic mass is 9.87. The molecule has 1 aliphatic carbocycles. The van der Waals surface area contributed by atoms with Crippen LogP contribution in [0.3, 0.4) is 0 Å². The number of aromatic nitrogens is 1. The molecule has 0 saturated carbocycles. The SMILES string of the molecule is NN(Cc1ccccc1)C(/N=C/c1ccccc1)c1ccc(-n2c3ccccc3c3ccc(C4=C5Sc6ccccc6C5CC=C4)cc32)cc1. The van der Waals surface area contributed by atoms with Crippen molar-refractivity contribution in [1.82, 2.24) is 9.58 Å². The van der Waals surface area contributed by atoms with Crippen LogP contribution >= 0.6 is 11.8 Å². The first-order valence-corrected chi connectivity index (χ1v) is 18.0. The Bertz CT molecular complexity index is 2420. The smallest absolute Gasteiger partial charge is 0.140 e. The van der Waals surface area contributed by atoms with Crippen molar-refractivity contribution in [2.24, 2.45) is 10.8 Å². The Hall–Kier alpha value is -5.46. The third-order valence-electron chi connectivity index (χ3n) is 9.87. The third-order valence-corrected chi connectivity index (χ3v) is 11.2. The highest BCUT2D eigenvalue weighted by molar-refractivity contribution is 8.03. The van der Waals surface area contributed by atoms with Crippen LogP contribution in [-0.4, -0.2) is 15.8 Å². The molecule has 2 N–H and O–H groups in total. The van der Waals surface area contributed by atoms with Crippen molar-refractivity contribution in [2.45, 2.75) is 29.9 Å². The van der Waals surface area contributed by atoms with Crippen LogP contribution in [0, 0.1) is 0 Å². The van der Waals surface area contributed by atoms with Gasteiger partial charge in [0.15, 0.2) is 0 Å². The van der Waals surface area contributed by atoms with Crippen LogP contribution in [0.1, 0.15) is 46.3 Å². The standard InChI is InChI=1S/C45H36N4S/c46-48(30-32-14-5-2-6-15-32)45(47-29-31-12-3-1-4-13-31)33-22-25-35(26-23-33)49-41-20-9-7-16-37(41)38-27-24-34(28-42(38)49)36-18-11-19-40-39-17-8-10-21-43(39)50-44(36)40/h1-18,20-29,40,45H,19,30,46H2/b47-29+. The van der Waals surface area contributed by atoms with Gasteiger partial charge in [0.05, 0.1) is 11.0 Å². The van der Waals surface area contributed by atoms with Crippen LogP contribution in [0.2, 0.25) is 0 Å². The minimum absolute atomic E-state index is 0.360. The summed E-state index contributed by atoms with van der Waals surface area (Å²) < 4.78 is 2.40. The molecule has 0 fully saturated rings. The summed E-state index contributed by atoms with van der Waals surface area (Å²) in [5.74, 6) is 7.22. The molecule has 2 atom stereocenters. The second-order valence-corrected chi connectivity index (χ2v) is 14.1. The Labute approximate surface area is 296 Å². The van der Waals surface area contributed by atoms with Crippen molar-refractivity contribution in [1.29, 1.82) is 0 Å². The zero-order valence-corrected chi connectivity index (χ0v) is 28.4. The van der Waals surface area contributed by atoms with Gasteiger partial charge in [-0.05, 0) is 70.1 Å². The second-order valence-electron chi connectivity index (χ2n) is 13.0.